The van der Waals surface area contributed by atoms with Crippen LogP contribution in [-0.4, -0.2) is 44.7 Å². The van der Waals surface area contributed by atoms with Crippen molar-refractivity contribution in [1.82, 2.24) is 15.5 Å². The predicted octanol–water partition coefficient (Wildman–Crippen LogP) is 2.00. The molecule has 3 nitrogen and oxygen atoms in total. The molecule has 0 radical (unpaired) electrons. The summed E-state index contributed by atoms with van der Waals surface area (Å²) in [6.45, 7) is 5.77. The van der Waals surface area contributed by atoms with Crippen LogP contribution in [-0.2, 0) is 0 Å². The van der Waals surface area contributed by atoms with Crippen molar-refractivity contribution >= 4 is 15.9 Å². The Morgan fingerprint density at radius 3 is 2.83 bits per heavy atom. The van der Waals surface area contributed by atoms with Crippen molar-refractivity contribution in [2.45, 2.75) is 12.5 Å². The molecule has 1 aliphatic heterocycles. The summed E-state index contributed by atoms with van der Waals surface area (Å²) in [5, 5.41) is 6.81. The van der Waals surface area contributed by atoms with Crippen LogP contribution in [0.5, 0.6) is 0 Å². The van der Waals surface area contributed by atoms with Gasteiger partial charge in [0.2, 0.25) is 0 Å². The van der Waals surface area contributed by atoms with E-state index in [0.717, 1.165) is 24.0 Å². The lowest BCUT2D eigenvalue weighted by Crippen LogP contribution is -2.44. The molecular formula is C14H22BrN3. The van der Waals surface area contributed by atoms with Gasteiger partial charge in [0, 0.05) is 43.2 Å². The summed E-state index contributed by atoms with van der Waals surface area (Å²) in [5.41, 5.74) is 1.36. The first-order chi connectivity index (χ1) is 8.79. The molecule has 18 heavy (non-hydrogen) atoms. The summed E-state index contributed by atoms with van der Waals surface area (Å²) in [5.74, 6) is 0. The normalized spacial score (nSPS) is 18.8. The van der Waals surface area contributed by atoms with Crippen LogP contribution in [0.4, 0.5) is 0 Å². The van der Waals surface area contributed by atoms with Gasteiger partial charge in [0.15, 0.2) is 0 Å². The predicted molar refractivity (Wildman–Crippen MR) is 79.9 cm³/mol. The van der Waals surface area contributed by atoms with E-state index in [9.17, 15) is 0 Å². The number of rotatable bonds is 5. The molecule has 0 amide bonds. The molecule has 1 fully saturated rings. The van der Waals surface area contributed by atoms with Gasteiger partial charge in [-0.2, -0.15) is 0 Å². The highest BCUT2D eigenvalue weighted by Crippen LogP contribution is 2.20. The molecule has 0 bridgehead atoms. The number of halogens is 1. The highest BCUT2D eigenvalue weighted by Gasteiger charge is 2.13. The van der Waals surface area contributed by atoms with E-state index in [2.05, 4.69) is 55.7 Å². The maximum atomic E-state index is 3.54. The van der Waals surface area contributed by atoms with E-state index in [1.54, 1.807) is 0 Å². The maximum absolute atomic E-state index is 3.54. The SMILES string of the molecule is CNC(CCN1CCNCC1)c1cccc(Br)c1. The van der Waals surface area contributed by atoms with Crippen molar-refractivity contribution in [1.29, 1.82) is 0 Å². The van der Waals surface area contributed by atoms with Crippen LogP contribution in [0, 0.1) is 0 Å². The number of piperazine rings is 1. The van der Waals surface area contributed by atoms with Crippen LogP contribution in [0.3, 0.4) is 0 Å². The average Bonchev–Trinajstić information content (AvgIpc) is 2.41. The van der Waals surface area contributed by atoms with E-state index in [4.69, 9.17) is 0 Å². The van der Waals surface area contributed by atoms with Crippen LogP contribution in [0.1, 0.15) is 18.0 Å². The molecule has 1 aliphatic rings. The standard InChI is InChI=1S/C14H22BrN3/c1-16-14(12-3-2-4-13(15)11-12)5-8-18-9-6-17-7-10-18/h2-4,11,14,16-17H,5-10H2,1H3. The third-order valence-electron chi connectivity index (χ3n) is 3.54. The van der Waals surface area contributed by atoms with Gasteiger partial charge in [-0.1, -0.05) is 28.1 Å². The first-order valence-corrected chi connectivity index (χ1v) is 7.44. The highest BCUT2D eigenvalue weighted by molar-refractivity contribution is 9.10. The minimum absolute atomic E-state index is 0.442. The molecule has 2 rings (SSSR count). The summed E-state index contributed by atoms with van der Waals surface area (Å²) in [4.78, 5) is 2.54. The number of benzene rings is 1. The van der Waals surface area contributed by atoms with Crippen LogP contribution in [0.15, 0.2) is 28.7 Å². The quantitative estimate of drug-likeness (QED) is 0.871. The van der Waals surface area contributed by atoms with Gasteiger partial charge in [0.05, 0.1) is 0 Å². The fourth-order valence-corrected chi connectivity index (χ4v) is 2.86. The molecule has 1 atom stereocenters. The molecule has 4 heteroatoms. The Bertz CT molecular complexity index is 364. The first-order valence-electron chi connectivity index (χ1n) is 6.65. The van der Waals surface area contributed by atoms with Gasteiger partial charge in [-0.25, -0.2) is 0 Å². The van der Waals surface area contributed by atoms with E-state index >= 15 is 0 Å². The molecule has 1 heterocycles. The molecule has 1 unspecified atom stereocenters. The fourth-order valence-electron chi connectivity index (χ4n) is 2.45. The van der Waals surface area contributed by atoms with Crippen molar-refractivity contribution in [3.63, 3.8) is 0 Å². The zero-order chi connectivity index (χ0) is 12.8. The Labute approximate surface area is 118 Å². The van der Waals surface area contributed by atoms with Crippen molar-refractivity contribution < 1.29 is 0 Å². The Balaban J connectivity index is 1.88. The Kier molecular flexibility index (Phi) is 5.63. The number of nitrogens with one attached hydrogen (secondary N) is 2. The van der Waals surface area contributed by atoms with Crippen LogP contribution >= 0.6 is 15.9 Å². The topological polar surface area (TPSA) is 27.3 Å². The molecular weight excluding hydrogens is 290 g/mol. The lowest BCUT2D eigenvalue weighted by atomic mass is 10.0. The van der Waals surface area contributed by atoms with E-state index in [1.807, 2.05) is 7.05 Å². The van der Waals surface area contributed by atoms with Crippen LogP contribution in [0.25, 0.3) is 0 Å². The first kappa shape index (κ1) is 14.0. The summed E-state index contributed by atoms with van der Waals surface area (Å²) in [7, 11) is 2.04. The smallest absolute Gasteiger partial charge is 0.0330 e. The van der Waals surface area contributed by atoms with Crippen LogP contribution < -0.4 is 10.6 Å². The molecule has 2 N–H and O–H groups in total. The Morgan fingerprint density at radius 2 is 2.17 bits per heavy atom. The van der Waals surface area contributed by atoms with Gasteiger partial charge in [0.1, 0.15) is 0 Å². The summed E-state index contributed by atoms with van der Waals surface area (Å²) in [6, 6.07) is 9.03. The van der Waals surface area contributed by atoms with Gasteiger partial charge in [-0.3, -0.25) is 0 Å². The summed E-state index contributed by atoms with van der Waals surface area (Å²) in [6.07, 6.45) is 1.16. The Morgan fingerprint density at radius 1 is 1.39 bits per heavy atom. The molecule has 1 aromatic carbocycles. The lowest BCUT2D eigenvalue weighted by Gasteiger charge is -2.29. The number of hydrogen-bond donors (Lipinski definition) is 2. The monoisotopic (exact) mass is 311 g/mol. The molecule has 100 valence electrons. The van der Waals surface area contributed by atoms with E-state index in [0.29, 0.717) is 6.04 Å². The third-order valence-corrected chi connectivity index (χ3v) is 4.04. The van der Waals surface area contributed by atoms with Gasteiger partial charge < -0.3 is 15.5 Å². The summed E-state index contributed by atoms with van der Waals surface area (Å²) >= 11 is 3.54. The molecule has 1 saturated heterocycles. The number of nitrogens with zero attached hydrogens (tertiary/aromatic N) is 1. The second-order valence-corrected chi connectivity index (χ2v) is 5.69. The second-order valence-electron chi connectivity index (χ2n) is 4.78. The Hall–Kier alpha value is -0.420. The molecule has 0 saturated carbocycles. The minimum atomic E-state index is 0.442. The lowest BCUT2D eigenvalue weighted by molar-refractivity contribution is 0.229. The fraction of sp³-hybridized carbons (Fsp3) is 0.571. The molecule has 0 spiro atoms. The zero-order valence-electron chi connectivity index (χ0n) is 11.0. The van der Waals surface area contributed by atoms with E-state index < -0.39 is 0 Å². The van der Waals surface area contributed by atoms with Crippen molar-refractivity contribution in [2.24, 2.45) is 0 Å². The zero-order valence-corrected chi connectivity index (χ0v) is 12.5. The number of hydrogen-bond acceptors (Lipinski definition) is 3. The molecule has 0 aliphatic carbocycles. The highest BCUT2D eigenvalue weighted by atomic mass is 79.9. The second kappa shape index (κ2) is 7.24. The van der Waals surface area contributed by atoms with Crippen LogP contribution in [0.2, 0.25) is 0 Å². The molecule has 0 aromatic heterocycles. The van der Waals surface area contributed by atoms with Gasteiger partial charge in [-0.05, 0) is 31.2 Å². The minimum Gasteiger partial charge on any atom is -0.314 e. The van der Waals surface area contributed by atoms with E-state index in [1.165, 1.54) is 25.2 Å². The van der Waals surface area contributed by atoms with Gasteiger partial charge >= 0.3 is 0 Å². The van der Waals surface area contributed by atoms with Crippen molar-refractivity contribution in [3.05, 3.63) is 34.3 Å². The average molecular weight is 312 g/mol. The van der Waals surface area contributed by atoms with E-state index in [-0.39, 0.29) is 0 Å². The summed E-state index contributed by atoms with van der Waals surface area (Å²) < 4.78 is 1.16. The maximum Gasteiger partial charge on any atom is 0.0330 e. The van der Waals surface area contributed by atoms with Gasteiger partial charge in [-0.15, -0.1) is 0 Å². The van der Waals surface area contributed by atoms with Gasteiger partial charge in [0.25, 0.3) is 0 Å². The van der Waals surface area contributed by atoms with Crippen molar-refractivity contribution in [3.8, 4) is 0 Å². The third kappa shape index (κ3) is 4.05. The largest absolute Gasteiger partial charge is 0.314 e. The van der Waals surface area contributed by atoms with Crippen molar-refractivity contribution in [2.75, 3.05) is 39.8 Å². The molecule has 1 aromatic rings.